The van der Waals surface area contributed by atoms with Crippen LogP contribution in [0.15, 0.2) is 18.2 Å². The van der Waals surface area contributed by atoms with Crippen LogP contribution in [0.25, 0.3) is 0 Å². The molecule has 0 spiro atoms. The van der Waals surface area contributed by atoms with Crippen molar-refractivity contribution in [3.8, 4) is 5.88 Å². The third-order valence-electron chi connectivity index (χ3n) is 4.92. The molecule has 0 aliphatic heterocycles. The normalized spacial score (nSPS) is 12.8. The molecule has 0 aliphatic rings. The predicted octanol–water partition coefficient (Wildman–Crippen LogP) is 4.36. The first-order valence-electron chi connectivity index (χ1n) is 9.67. The molecule has 0 fully saturated rings. The lowest BCUT2D eigenvalue weighted by atomic mass is 9.81. The molecule has 1 amide bonds. The van der Waals surface area contributed by atoms with E-state index in [9.17, 15) is 9.59 Å². The number of rotatable bonds is 6. The topological polar surface area (TPSA) is 77.5 Å². The molecule has 0 bridgehead atoms. The summed E-state index contributed by atoms with van der Waals surface area (Å²) in [6.45, 7) is 12.5. The van der Waals surface area contributed by atoms with E-state index < -0.39 is 11.6 Å². The fourth-order valence-electron chi connectivity index (χ4n) is 3.91. The molecular formula is C23H30N2O4. The van der Waals surface area contributed by atoms with Crippen molar-refractivity contribution in [3.63, 3.8) is 0 Å². The lowest BCUT2D eigenvalue weighted by molar-refractivity contribution is -0.152. The summed E-state index contributed by atoms with van der Waals surface area (Å²) in [6, 6.07) is 6.05. The van der Waals surface area contributed by atoms with Crippen molar-refractivity contribution < 1.29 is 19.1 Å². The molecular weight excluding hydrogens is 368 g/mol. The Morgan fingerprint density at radius 1 is 1.10 bits per heavy atom. The molecule has 2 aromatic rings. The number of pyridine rings is 1. The smallest absolute Gasteiger partial charge is 0.303 e. The van der Waals surface area contributed by atoms with Gasteiger partial charge in [0.25, 0.3) is 0 Å². The van der Waals surface area contributed by atoms with Crippen LogP contribution in [0, 0.1) is 20.8 Å². The number of benzene rings is 1. The molecule has 1 aromatic carbocycles. The van der Waals surface area contributed by atoms with E-state index in [4.69, 9.17) is 9.47 Å². The number of nitrogens with zero attached hydrogens (tertiary/aromatic N) is 1. The van der Waals surface area contributed by atoms with Gasteiger partial charge in [0.2, 0.25) is 11.8 Å². The minimum Gasteiger partial charge on any atom is -0.479 e. The van der Waals surface area contributed by atoms with Crippen molar-refractivity contribution >= 4 is 17.6 Å². The predicted molar refractivity (Wildman–Crippen MR) is 113 cm³/mol. The Balaban J connectivity index is 3.00. The molecule has 0 saturated carbocycles. The van der Waals surface area contributed by atoms with Gasteiger partial charge in [0.1, 0.15) is 5.69 Å². The highest BCUT2D eigenvalue weighted by Crippen LogP contribution is 2.44. The van der Waals surface area contributed by atoms with Gasteiger partial charge in [-0.25, -0.2) is 4.98 Å². The molecule has 0 radical (unpaired) electrons. The van der Waals surface area contributed by atoms with Crippen LogP contribution in [0.4, 0.5) is 5.69 Å². The van der Waals surface area contributed by atoms with E-state index in [0.29, 0.717) is 17.7 Å². The van der Waals surface area contributed by atoms with Crippen molar-refractivity contribution in [2.45, 2.75) is 60.5 Å². The zero-order valence-electron chi connectivity index (χ0n) is 18.5. The van der Waals surface area contributed by atoms with Crippen LogP contribution in [0.1, 0.15) is 61.2 Å². The maximum atomic E-state index is 12.2. The van der Waals surface area contributed by atoms with Gasteiger partial charge in [0, 0.05) is 30.7 Å². The van der Waals surface area contributed by atoms with Gasteiger partial charge in [-0.15, -0.1) is 0 Å². The molecule has 6 heteroatoms. The first-order chi connectivity index (χ1) is 13.5. The van der Waals surface area contributed by atoms with Crippen LogP contribution in [0.3, 0.4) is 0 Å². The van der Waals surface area contributed by atoms with Gasteiger partial charge in [-0.2, -0.15) is 0 Å². The van der Waals surface area contributed by atoms with Gasteiger partial charge in [0.05, 0.1) is 7.11 Å². The number of nitrogens with one attached hydrogen (secondary N) is 1. The van der Waals surface area contributed by atoms with Gasteiger partial charge in [-0.3, -0.25) is 9.59 Å². The first kappa shape index (κ1) is 22.4. The Kier molecular flexibility index (Phi) is 6.67. The maximum Gasteiger partial charge on any atom is 0.303 e. The Bertz CT molecular complexity index is 932. The number of hydrogen-bond donors (Lipinski definition) is 1. The number of aryl methyl sites for hydroxylation is 3. The summed E-state index contributed by atoms with van der Waals surface area (Å²) in [6.07, 6.45) is 0.645. The maximum absolute atomic E-state index is 12.2. The largest absolute Gasteiger partial charge is 0.479 e. The first-order valence-corrected chi connectivity index (χ1v) is 9.67. The fraction of sp³-hybridized carbons (Fsp3) is 0.435. The summed E-state index contributed by atoms with van der Waals surface area (Å²) in [7, 11) is 1.50. The van der Waals surface area contributed by atoms with Gasteiger partial charge in [-0.1, -0.05) is 36.2 Å². The zero-order chi connectivity index (χ0) is 21.9. The molecule has 1 N–H and O–H groups in total. The number of hydrogen-bond acceptors (Lipinski definition) is 5. The number of esters is 1. The van der Waals surface area contributed by atoms with E-state index in [0.717, 1.165) is 27.9 Å². The summed E-state index contributed by atoms with van der Waals surface area (Å²) >= 11 is 0. The van der Waals surface area contributed by atoms with Gasteiger partial charge in [-0.05, 0) is 39.7 Å². The minimum absolute atomic E-state index is 0.261. The standard InChI is InChI=1S/C23H30N2O4/c1-9-19-15(4)24-22(28-8)21(25-16(5)26)20(19)23(7,29-17(6)27)18-11-13(2)10-14(3)12-18/h10-12H,9H2,1-8H3,(H,25,26). The highest BCUT2D eigenvalue weighted by molar-refractivity contribution is 5.92. The van der Waals surface area contributed by atoms with E-state index >= 15 is 0 Å². The molecule has 1 heterocycles. The number of carbonyl (C=O) groups is 2. The summed E-state index contributed by atoms with van der Waals surface area (Å²) in [5.74, 6) is -0.397. The van der Waals surface area contributed by atoms with Crippen LogP contribution in [0.2, 0.25) is 0 Å². The molecule has 0 aliphatic carbocycles. The number of methoxy groups -OCH3 is 1. The SMILES string of the molecule is CCc1c(C)nc(OC)c(NC(C)=O)c1C(C)(OC(C)=O)c1cc(C)cc(C)c1. The molecule has 1 aromatic heterocycles. The van der Waals surface area contributed by atoms with Crippen molar-refractivity contribution in [3.05, 3.63) is 51.7 Å². The summed E-state index contributed by atoms with van der Waals surface area (Å²) in [5, 5.41) is 2.86. The summed E-state index contributed by atoms with van der Waals surface area (Å²) in [4.78, 5) is 28.7. The number of amides is 1. The summed E-state index contributed by atoms with van der Waals surface area (Å²) in [5.41, 5.74) is 4.54. The van der Waals surface area contributed by atoms with Gasteiger partial charge >= 0.3 is 5.97 Å². The highest BCUT2D eigenvalue weighted by atomic mass is 16.6. The number of ether oxygens (including phenoxy) is 2. The molecule has 0 saturated heterocycles. The van der Waals surface area contributed by atoms with E-state index in [2.05, 4.69) is 16.4 Å². The van der Waals surface area contributed by atoms with Crippen molar-refractivity contribution in [2.24, 2.45) is 0 Å². The van der Waals surface area contributed by atoms with E-state index in [1.54, 1.807) is 0 Å². The fourth-order valence-corrected chi connectivity index (χ4v) is 3.91. The number of aromatic nitrogens is 1. The van der Waals surface area contributed by atoms with Gasteiger partial charge < -0.3 is 14.8 Å². The van der Waals surface area contributed by atoms with Crippen LogP contribution in [0.5, 0.6) is 5.88 Å². The van der Waals surface area contributed by atoms with Crippen molar-refractivity contribution in [1.29, 1.82) is 0 Å². The number of anilines is 1. The third kappa shape index (κ3) is 4.58. The number of carbonyl (C=O) groups excluding carboxylic acids is 2. The Hall–Kier alpha value is -2.89. The monoisotopic (exact) mass is 398 g/mol. The molecule has 1 atom stereocenters. The van der Waals surface area contributed by atoms with Crippen LogP contribution < -0.4 is 10.1 Å². The lowest BCUT2D eigenvalue weighted by Gasteiger charge is -2.35. The second-order valence-corrected chi connectivity index (χ2v) is 7.47. The van der Waals surface area contributed by atoms with Gasteiger partial charge in [0.15, 0.2) is 5.60 Å². The average Bonchev–Trinajstić information content (AvgIpc) is 2.60. The second kappa shape index (κ2) is 8.64. The van der Waals surface area contributed by atoms with Crippen LogP contribution >= 0.6 is 0 Å². The third-order valence-corrected chi connectivity index (χ3v) is 4.92. The molecule has 1 unspecified atom stereocenters. The molecule has 2 rings (SSSR count). The highest BCUT2D eigenvalue weighted by Gasteiger charge is 2.39. The van der Waals surface area contributed by atoms with Crippen LogP contribution in [-0.2, 0) is 26.3 Å². The zero-order valence-corrected chi connectivity index (χ0v) is 18.5. The van der Waals surface area contributed by atoms with Crippen LogP contribution in [-0.4, -0.2) is 24.0 Å². The Labute approximate surface area is 172 Å². The Morgan fingerprint density at radius 2 is 1.69 bits per heavy atom. The average molecular weight is 399 g/mol. The Morgan fingerprint density at radius 3 is 2.14 bits per heavy atom. The lowest BCUT2D eigenvalue weighted by Crippen LogP contribution is -2.33. The molecule has 29 heavy (non-hydrogen) atoms. The second-order valence-electron chi connectivity index (χ2n) is 7.47. The molecule has 156 valence electrons. The quantitative estimate of drug-likeness (QED) is 0.732. The van der Waals surface area contributed by atoms with E-state index in [-0.39, 0.29) is 11.8 Å². The van der Waals surface area contributed by atoms with Crippen molar-refractivity contribution in [2.75, 3.05) is 12.4 Å². The minimum atomic E-state index is -1.15. The van der Waals surface area contributed by atoms with Crippen molar-refractivity contribution in [1.82, 2.24) is 4.98 Å². The molecule has 6 nitrogen and oxygen atoms in total. The van der Waals surface area contributed by atoms with E-state index in [1.807, 2.05) is 46.8 Å². The van der Waals surface area contributed by atoms with E-state index in [1.165, 1.54) is 21.0 Å². The summed E-state index contributed by atoms with van der Waals surface area (Å²) < 4.78 is 11.4.